The van der Waals surface area contributed by atoms with Gasteiger partial charge in [0.25, 0.3) is 0 Å². The molecular formula is C19H28N6O. The molecule has 1 aromatic heterocycles. The minimum Gasteiger partial charge on any atom is -0.341 e. The fourth-order valence-electron chi connectivity index (χ4n) is 4.50. The molecule has 0 radical (unpaired) electrons. The molecule has 0 saturated carbocycles. The highest BCUT2D eigenvalue weighted by atomic mass is 16.2. The average Bonchev–Trinajstić information content (AvgIpc) is 3.16. The number of aromatic nitrogens is 3. The third-order valence-electron chi connectivity index (χ3n) is 6.06. The summed E-state index contributed by atoms with van der Waals surface area (Å²) in [5, 5.41) is 14.2. The van der Waals surface area contributed by atoms with Crippen molar-refractivity contribution in [3.8, 4) is 0 Å². The lowest BCUT2D eigenvalue weighted by molar-refractivity contribution is -0.134. The lowest BCUT2D eigenvalue weighted by Gasteiger charge is -2.38. The normalized spacial score (nSPS) is 21.2. The number of amides is 1. The first-order valence-electron chi connectivity index (χ1n) is 9.75. The molecule has 140 valence electrons. The van der Waals surface area contributed by atoms with Gasteiger partial charge < -0.3 is 16.0 Å². The van der Waals surface area contributed by atoms with E-state index in [4.69, 9.17) is 5.73 Å². The van der Waals surface area contributed by atoms with E-state index in [2.05, 4.69) is 20.7 Å². The van der Waals surface area contributed by atoms with Crippen LogP contribution >= 0.6 is 0 Å². The van der Waals surface area contributed by atoms with E-state index in [9.17, 15) is 4.79 Å². The van der Waals surface area contributed by atoms with Crippen LogP contribution in [0.5, 0.6) is 0 Å². The Hall–Kier alpha value is -1.99. The molecular weight excluding hydrogens is 328 g/mol. The van der Waals surface area contributed by atoms with Crippen molar-refractivity contribution >= 4 is 16.9 Å². The predicted molar refractivity (Wildman–Crippen MR) is 100 cm³/mol. The van der Waals surface area contributed by atoms with Crippen LogP contribution in [0.2, 0.25) is 0 Å². The van der Waals surface area contributed by atoms with Crippen molar-refractivity contribution in [3.63, 3.8) is 0 Å². The maximum absolute atomic E-state index is 12.8. The lowest BCUT2D eigenvalue weighted by Crippen LogP contribution is -2.49. The molecule has 7 heteroatoms. The highest BCUT2D eigenvalue weighted by Crippen LogP contribution is 2.31. The van der Waals surface area contributed by atoms with E-state index in [1.54, 1.807) is 0 Å². The predicted octanol–water partition coefficient (Wildman–Crippen LogP) is 1.07. The third kappa shape index (κ3) is 3.73. The van der Waals surface area contributed by atoms with Crippen molar-refractivity contribution in [1.82, 2.24) is 25.6 Å². The zero-order chi connectivity index (χ0) is 17.9. The molecule has 0 bridgehead atoms. The molecule has 2 saturated heterocycles. The molecule has 4 N–H and O–H groups in total. The Labute approximate surface area is 153 Å². The molecule has 2 aromatic rings. The summed E-state index contributed by atoms with van der Waals surface area (Å²) >= 11 is 0. The van der Waals surface area contributed by atoms with Gasteiger partial charge in [0.2, 0.25) is 5.91 Å². The van der Waals surface area contributed by atoms with Crippen LogP contribution in [0.3, 0.4) is 0 Å². The summed E-state index contributed by atoms with van der Waals surface area (Å²) in [4.78, 5) is 14.7. The van der Waals surface area contributed by atoms with Gasteiger partial charge in [0.1, 0.15) is 11.0 Å². The second-order valence-electron chi connectivity index (χ2n) is 7.71. The highest BCUT2D eigenvalue weighted by molar-refractivity contribution is 5.82. The maximum Gasteiger partial charge on any atom is 0.239 e. The third-order valence-corrected chi connectivity index (χ3v) is 6.06. The van der Waals surface area contributed by atoms with Gasteiger partial charge in [-0.3, -0.25) is 4.79 Å². The number of nitrogens with zero attached hydrogens (tertiary/aromatic N) is 3. The first-order valence-corrected chi connectivity index (χ1v) is 9.75. The molecule has 0 aliphatic carbocycles. The van der Waals surface area contributed by atoms with Gasteiger partial charge in [-0.25, -0.2) is 0 Å². The number of nitrogens with one attached hydrogen (secondary N) is 2. The quantitative estimate of drug-likeness (QED) is 0.761. The van der Waals surface area contributed by atoms with E-state index in [-0.39, 0.29) is 5.91 Å². The summed E-state index contributed by atoms with van der Waals surface area (Å²) < 4.78 is 0. The summed E-state index contributed by atoms with van der Waals surface area (Å²) in [6.07, 6.45) is 5.34. The Morgan fingerprint density at radius 1 is 1.12 bits per heavy atom. The molecule has 2 fully saturated rings. The number of aromatic amines is 1. The van der Waals surface area contributed by atoms with Gasteiger partial charge in [-0.1, -0.05) is 6.07 Å². The number of carbonyl (C=O) groups is 1. The molecule has 26 heavy (non-hydrogen) atoms. The molecule has 1 amide bonds. The minimum absolute atomic E-state index is 0.0778. The molecule has 3 heterocycles. The van der Waals surface area contributed by atoms with Gasteiger partial charge >= 0.3 is 0 Å². The number of carbonyl (C=O) groups excluding carboxylic acids is 1. The Kier molecular flexibility index (Phi) is 5.17. The van der Waals surface area contributed by atoms with E-state index >= 15 is 0 Å². The van der Waals surface area contributed by atoms with Crippen molar-refractivity contribution in [2.24, 2.45) is 17.6 Å². The fraction of sp³-hybridized carbons (Fsp3) is 0.632. The van der Waals surface area contributed by atoms with Gasteiger partial charge in [0, 0.05) is 13.1 Å². The summed E-state index contributed by atoms with van der Waals surface area (Å²) in [7, 11) is 0. The topological polar surface area (TPSA) is 99.9 Å². The summed E-state index contributed by atoms with van der Waals surface area (Å²) in [5.41, 5.74) is 8.90. The Morgan fingerprint density at radius 3 is 2.58 bits per heavy atom. The number of fused-ring (bicyclic) bond motifs is 1. The Morgan fingerprint density at radius 2 is 1.81 bits per heavy atom. The van der Waals surface area contributed by atoms with Crippen LogP contribution in [-0.4, -0.2) is 58.4 Å². The van der Waals surface area contributed by atoms with Gasteiger partial charge in [-0.05, 0) is 74.7 Å². The van der Waals surface area contributed by atoms with Crippen LogP contribution in [-0.2, 0) is 11.2 Å². The first kappa shape index (κ1) is 17.4. The number of benzene rings is 1. The van der Waals surface area contributed by atoms with Crippen LogP contribution in [0.15, 0.2) is 18.2 Å². The van der Waals surface area contributed by atoms with Crippen LogP contribution in [0.1, 0.15) is 31.2 Å². The molecule has 2 aliphatic heterocycles. The minimum atomic E-state index is -0.491. The van der Waals surface area contributed by atoms with Crippen LogP contribution in [0, 0.1) is 11.8 Å². The van der Waals surface area contributed by atoms with E-state index < -0.39 is 6.04 Å². The largest absolute Gasteiger partial charge is 0.341 e. The monoisotopic (exact) mass is 356 g/mol. The van der Waals surface area contributed by atoms with E-state index in [0.717, 1.165) is 67.5 Å². The van der Waals surface area contributed by atoms with E-state index in [0.29, 0.717) is 6.42 Å². The fourth-order valence-corrected chi connectivity index (χ4v) is 4.50. The van der Waals surface area contributed by atoms with Crippen LogP contribution in [0.4, 0.5) is 0 Å². The second-order valence-corrected chi connectivity index (χ2v) is 7.71. The van der Waals surface area contributed by atoms with Crippen LogP contribution in [0.25, 0.3) is 11.0 Å². The van der Waals surface area contributed by atoms with Gasteiger partial charge in [0.05, 0.1) is 6.04 Å². The number of likely N-dealkylation sites (tertiary alicyclic amines) is 1. The number of piperidine rings is 2. The maximum atomic E-state index is 12.8. The smallest absolute Gasteiger partial charge is 0.239 e. The van der Waals surface area contributed by atoms with Crippen LogP contribution < -0.4 is 11.1 Å². The summed E-state index contributed by atoms with van der Waals surface area (Å²) in [6.45, 7) is 3.99. The highest BCUT2D eigenvalue weighted by Gasteiger charge is 2.30. The van der Waals surface area contributed by atoms with Gasteiger partial charge in [-0.15, -0.1) is 0 Å². The van der Waals surface area contributed by atoms with Crippen molar-refractivity contribution in [3.05, 3.63) is 23.8 Å². The number of nitrogens with two attached hydrogens (primary N) is 1. The summed E-state index contributed by atoms with van der Waals surface area (Å²) in [6, 6.07) is 5.35. The van der Waals surface area contributed by atoms with Crippen molar-refractivity contribution < 1.29 is 4.79 Å². The van der Waals surface area contributed by atoms with Crippen molar-refractivity contribution in [2.45, 2.75) is 38.1 Å². The first-order chi connectivity index (χ1) is 12.7. The van der Waals surface area contributed by atoms with Gasteiger partial charge in [-0.2, -0.15) is 15.4 Å². The zero-order valence-electron chi connectivity index (χ0n) is 15.2. The zero-order valence-corrected chi connectivity index (χ0v) is 15.2. The van der Waals surface area contributed by atoms with E-state index in [1.807, 2.05) is 23.1 Å². The molecule has 1 unspecified atom stereocenters. The molecule has 7 nitrogen and oxygen atoms in total. The van der Waals surface area contributed by atoms with E-state index in [1.165, 1.54) is 12.8 Å². The number of rotatable bonds is 4. The lowest BCUT2D eigenvalue weighted by atomic mass is 9.79. The molecule has 1 atom stereocenters. The molecule has 1 aromatic carbocycles. The number of hydrogen-bond donors (Lipinski definition) is 3. The summed E-state index contributed by atoms with van der Waals surface area (Å²) in [5.74, 6) is 1.68. The average molecular weight is 356 g/mol. The molecule has 2 aliphatic rings. The number of hydrogen-bond acceptors (Lipinski definition) is 5. The van der Waals surface area contributed by atoms with Gasteiger partial charge in [0.15, 0.2) is 0 Å². The SMILES string of the molecule is NC(Cc1ccc2n[nH]nc2c1)C(=O)N1CCC(C2CCNCC2)CC1. The van der Waals surface area contributed by atoms with Crippen molar-refractivity contribution in [1.29, 1.82) is 0 Å². The molecule has 4 rings (SSSR count). The Balaban J connectivity index is 1.31. The Bertz CT molecular complexity index is 745. The van der Waals surface area contributed by atoms with Crippen molar-refractivity contribution in [2.75, 3.05) is 26.2 Å². The number of H-pyrrole nitrogens is 1. The second kappa shape index (κ2) is 7.72. The molecule has 0 spiro atoms. The standard InChI is InChI=1S/C19H28N6O/c20-16(11-13-1-2-17-18(12-13)23-24-22-17)19(26)25-9-5-15(6-10-25)14-3-7-21-8-4-14/h1-2,12,14-16,21H,3-11,20H2,(H,22,23,24).